The first-order chi connectivity index (χ1) is 9.40. The van der Waals surface area contributed by atoms with E-state index in [1.54, 1.807) is 0 Å². The molecule has 1 saturated carbocycles. The topological polar surface area (TPSA) is 58.4 Å². The summed E-state index contributed by atoms with van der Waals surface area (Å²) in [6, 6.07) is 1.04. The second-order valence-electron chi connectivity index (χ2n) is 7.21. The number of rotatable bonds is 2. The van der Waals surface area contributed by atoms with Crippen molar-refractivity contribution in [3.63, 3.8) is 0 Å². The van der Waals surface area contributed by atoms with Crippen LogP contribution in [0.3, 0.4) is 0 Å². The highest BCUT2D eigenvalue weighted by Crippen LogP contribution is 2.33. The highest BCUT2D eigenvalue weighted by Gasteiger charge is 2.36. The first kappa shape index (κ1) is 15.8. The number of hydrogen-bond donors (Lipinski definition) is 2. The molecule has 6 unspecified atom stereocenters. The predicted molar refractivity (Wildman–Crippen MR) is 81.8 cm³/mol. The molecule has 116 valence electrons. The Balaban J connectivity index is 1.97. The van der Waals surface area contributed by atoms with E-state index in [2.05, 4.69) is 38.1 Å². The summed E-state index contributed by atoms with van der Waals surface area (Å²) in [4.78, 5) is 12.6. The van der Waals surface area contributed by atoms with Crippen LogP contribution in [0.15, 0.2) is 0 Å². The first-order valence-corrected chi connectivity index (χ1v) is 8.24. The van der Waals surface area contributed by atoms with Crippen molar-refractivity contribution in [2.75, 3.05) is 0 Å². The van der Waals surface area contributed by atoms with Gasteiger partial charge in [0.15, 0.2) is 0 Å². The molecule has 2 fully saturated rings. The van der Waals surface area contributed by atoms with Crippen LogP contribution in [0.25, 0.3) is 0 Å². The van der Waals surface area contributed by atoms with Crippen LogP contribution in [0.5, 0.6) is 0 Å². The second kappa shape index (κ2) is 6.44. The molecule has 0 aromatic heterocycles. The minimum absolute atomic E-state index is 0.0718. The minimum Gasteiger partial charge on any atom is -0.327 e. The Hall–Kier alpha value is -0.610. The van der Waals surface area contributed by atoms with Crippen molar-refractivity contribution in [2.45, 2.75) is 77.9 Å². The van der Waals surface area contributed by atoms with E-state index in [-0.39, 0.29) is 17.9 Å². The maximum atomic E-state index is 12.6. The molecule has 0 bridgehead atoms. The Kier molecular flexibility index (Phi) is 5.08. The number of hydrogen-bond acceptors (Lipinski definition) is 3. The van der Waals surface area contributed by atoms with E-state index in [1.807, 2.05) is 0 Å². The molecule has 4 nitrogen and oxygen atoms in total. The largest absolute Gasteiger partial charge is 0.327 e. The van der Waals surface area contributed by atoms with Gasteiger partial charge in [0.25, 0.3) is 0 Å². The van der Waals surface area contributed by atoms with Crippen LogP contribution < -0.4 is 11.2 Å². The predicted octanol–water partition coefficient (Wildman–Crippen LogP) is 2.29. The van der Waals surface area contributed by atoms with E-state index in [9.17, 15) is 4.79 Å². The van der Waals surface area contributed by atoms with Gasteiger partial charge in [-0.15, -0.1) is 0 Å². The fourth-order valence-corrected chi connectivity index (χ4v) is 3.90. The van der Waals surface area contributed by atoms with Gasteiger partial charge in [-0.05, 0) is 51.4 Å². The standard InChI is InChI=1S/C16H31N3O/c1-10-8-11(2)15(17)9-14(10)16(20)18-19-12(3)6-5-7-13(19)4/h10-15H,5-9,17H2,1-4H3,(H,18,20). The number of amides is 1. The zero-order valence-electron chi connectivity index (χ0n) is 13.4. The van der Waals surface area contributed by atoms with Crippen molar-refractivity contribution < 1.29 is 4.79 Å². The van der Waals surface area contributed by atoms with Gasteiger partial charge in [0.2, 0.25) is 5.91 Å². The lowest BCUT2D eigenvalue weighted by Crippen LogP contribution is -2.57. The van der Waals surface area contributed by atoms with E-state index in [0.29, 0.717) is 23.9 Å². The molecule has 2 rings (SSSR count). The lowest BCUT2D eigenvalue weighted by molar-refractivity contribution is -0.136. The Morgan fingerprint density at radius 3 is 2.25 bits per heavy atom. The fourth-order valence-electron chi connectivity index (χ4n) is 3.90. The molecule has 0 aromatic carbocycles. The van der Waals surface area contributed by atoms with Crippen molar-refractivity contribution in [3.8, 4) is 0 Å². The van der Waals surface area contributed by atoms with Gasteiger partial charge in [-0.2, -0.15) is 0 Å². The summed E-state index contributed by atoms with van der Waals surface area (Å²) in [6.07, 6.45) is 5.48. The molecule has 1 amide bonds. The summed E-state index contributed by atoms with van der Waals surface area (Å²) in [5.74, 6) is 1.21. The lowest BCUT2D eigenvalue weighted by Gasteiger charge is -2.41. The molecule has 0 aromatic rings. The maximum absolute atomic E-state index is 12.6. The van der Waals surface area contributed by atoms with Crippen LogP contribution in [0.4, 0.5) is 0 Å². The number of nitrogens with zero attached hydrogens (tertiary/aromatic N) is 1. The Labute approximate surface area is 123 Å². The normalized spacial score (nSPS) is 43.2. The zero-order valence-corrected chi connectivity index (χ0v) is 13.4. The smallest absolute Gasteiger partial charge is 0.237 e. The molecule has 3 N–H and O–H groups in total. The molecule has 20 heavy (non-hydrogen) atoms. The Morgan fingerprint density at radius 1 is 1.05 bits per heavy atom. The number of nitrogens with one attached hydrogen (secondary N) is 1. The Bertz CT molecular complexity index is 337. The monoisotopic (exact) mass is 281 g/mol. The van der Waals surface area contributed by atoms with Crippen LogP contribution in [0.2, 0.25) is 0 Å². The van der Waals surface area contributed by atoms with Crippen molar-refractivity contribution in [3.05, 3.63) is 0 Å². The fraction of sp³-hybridized carbons (Fsp3) is 0.938. The van der Waals surface area contributed by atoms with Gasteiger partial charge in [0, 0.05) is 24.0 Å². The molecule has 0 radical (unpaired) electrons. The molecule has 2 aliphatic rings. The van der Waals surface area contributed by atoms with Crippen molar-refractivity contribution >= 4 is 5.91 Å². The summed E-state index contributed by atoms with van der Waals surface area (Å²) in [5.41, 5.74) is 9.36. The molecule has 1 aliphatic heterocycles. The molecular weight excluding hydrogens is 250 g/mol. The number of carbonyl (C=O) groups excluding carboxylic acids is 1. The molecule has 1 aliphatic carbocycles. The Morgan fingerprint density at radius 2 is 1.65 bits per heavy atom. The van der Waals surface area contributed by atoms with Gasteiger partial charge in [-0.3, -0.25) is 10.2 Å². The molecular formula is C16H31N3O. The summed E-state index contributed by atoms with van der Waals surface area (Å²) in [6.45, 7) is 8.79. The van der Waals surface area contributed by atoms with Gasteiger partial charge in [0.1, 0.15) is 0 Å². The molecule has 1 saturated heterocycles. The van der Waals surface area contributed by atoms with Crippen LogP contribution >= 0.6 is 0 Å². The van der Waals surface area contributed by atoms with Crippen molar-refractivity contribution in [1.82, 2.24) is 10.4 Å². The third kappa shape index (κ3) is 3.34. The average Bonchev–Trinajstić information content (AvgIpc) is 2.38. The van der Waals surface area contributed by atoms with Gasteiger partial charge in [0.05, 0.1) is 0 Å². The number of carbonyl (C=O) groups is 1. The zero-order chi connectivity index (χ0) is 14.9. The summed E-state index contributed by atoms with van der Waals surface area (Å²) >= 11 is 0. The molecule has 4 heteroatoms. The van der Waals surface area contributed by atoms with E-state index in [0.717, 1.165) is 12.8 Å². The molecule has 6 atom stereocenters. The van der Waals surface area contributed by atoms with E-state index >= 15 is 0 Å². The average molecular weight is 281 g/mol. The third-order valence-electron chi connectivity index (χ3n) is 5.46. The van der Waals surface area contributed by atoms with E-state index in [1.165, 1.54) is 19.3 Å². The highest BCUT2D eigenvalue weighted by molar-refractivity contribution is 5.78. The van der Waals surface area contributed by atoms with Gasteiger partial charge in [-0.1, -0.05) is 20.3 Å². The summed E-state index contributed by atoms with van der Waals surface area (Å²) in [7, 11) is 0. The van der Waals surface area contributed by atoms with Crippen molar-refractivity contribution in [2.24, 2.45) is 23.5 Å². The van der Waals surface area contributed by atoms with Crippen LogP contribution in [0, 0.1) is 17.8 Å². The summed E-state index contributed by atoms with van der Waals surface area (Å²) < 4.78 is 0. The second-order valence-corrected chi connectivity index (χ2v) is 7.21. The summed E-state index contributed by atoms with van der Waals surface area (Å²) in [5, 5.41) is 2.17. The van der Waals surface area contributed by atoms with E-state index < -0.39 is 0 Å². The number of nitrogens with two attached hydrogens (primary N) is 1. The number of piperidine rings is 1. The molecule has 1 heterocycles. The van der Waals surface area contributed by atoms with Gasteiger partial charge in [-0.25, -0.2) is 5.01 Å². The van der Waals surface area contributed by atoms with Crippen molar-refractivity contribution in [1.29, 1.82) is 0 Å². The van der Waals surface area contributed by atoms with E-state index in [4.69, 9.17) is 5.73 Å². The van der Waals surface area contributed by atoms with Gasteiger partial charge < -0.3 is 5.73 Å². The first-order valence-electron chi connectivity index (χ1n) is 8.24. The maximum Gasteiger partial charge on any atom is 0.237 e. The lowest BCUT2D eigenvalue weighted by atomic mass is 9.73. The molecule has 0 spiro atoms. The SMILES string of the molecule is CC1CC(C)C(C(=O)NN2C(C)CCCC2C)CC1N. The van der Waals surface area contributed by atoms with Crippen LogP contribution in [-0.2, 0) is 4.79 Å². The quantitative estimate of drug-likeness (QED) is 0.816. The third-order valence-corrected chi connectivity index (χ3v) is 5.46. The number of hydrazine groups is 1. The highest BCUT2D eigenvalue weighted by atomic mass is 16.2. The van der Waals surface area contributed by atoms with Crippen LogP contribution in [-0.4, -0.2) is 29.0 Å². The van der Waals surface area contributed by atoms with Crippen LogP contribution in [0.1, 0.15) is 59.8 Å². The minimum atomic E-state index is 0.0718. The van der Waals surface area contributed by atoms with Gasteiger partial charge >= 0.3 is 0 Å².